The summed E-state index contributed by atoms with van der Waals surface area (Å²) in [4.78, 5) is 2.12. The van der Waals surface area contributed by atoms with E-state index in [2.05, 4.69) is 10.2 Å². The smallest absolute Gasteiger partial charge is 0.317 e. The predicted molar refractivity (Wildman–Crippen MR) is 78.4 cm³/mol. The van der Waals surface area contributed by atoms with E-state index >= 15 is 0 Å². The lowest BCUT2D eigenvalue weighted by Crippen LogP contribution is -2.32. The fraction of sp³-hybridized carbons (Fsp3) is 0.600. The summed E-state index contributed by atoms with van der Waals surface area (Å²) in [6.45, 7) is 2.45. The Kier molecular flexibility index (Phi) is 5.52. The van der Waals surface area contributed by atoms with Gasteiger partial charge >= 0.3 is 6.18 Å². The molecule has 0 amide bonds. The van der Waals surface area contributed by atoms with E-state index in [1.54, 1.807) is 6.07 Å². The number of nitrogens with one attached hydrogen (secondary N) is 1. The Morgan fingerprint density at radius 2 is 2.00 bits per heavy atom. The second kappa shape index (κ2) is 6.99. The number of hydrogen-bond acceptors (Lipinski definition) is 2. The summed E-state index contributed by atoms with van der Waals surface area (Å²) in [7, 11) is 1.96. The van der Waals surface area contributed by atoms with Crippen molar-refractivity contribution in [1.82, 2.24) is 10.2 Å². The van der Waals surface area contributed by atoms with Crippen LogP contribution in [-0.4, -0.2) is 31.1 Å². The van der Waals surface area contributed by atoms with Crippen LogP contribution in [0.25, 0.3) is 0 Å². The molecule has 6 heteroatoms. The summed E-state index contributed by atoms with van der Waals surface area (Å²) >= 11 is 5.82. The minimum absolute atomic E-state index is 0.135. The van der Waals surface area contributed by atoms with Gasteiger partial charge in [0.15, 0.2) is 0 Å². The first-order valence-electron chi connectivity index (χ1n) is 7.14. The van der Waals surface area contributed by atoms with Gasteiger partial charge in [0, 0.05) is 17.6 Å². The molecule has 1 aromatic rings. The Balaban J connectivity index is 2.09. The van der Waals surface area contributed by atoms with Gasteiger partial charge in [-0.1, -0.05) is 11.6 Å². The van der Waals surface area contributed by atoms with Crippen LogP contribution in [-0.2, 0) is 12.7 Å². The van der Waals surface area contributed by atoms with E-state index in [4.69, 9.17) is 11.6 Å². The Hall–Kier alpha value is -0.780. The maximum absolute atomic E-state index is 12.8. The average molecular weight is 321 g/mol. The molecule has 1 atom stereocenters. The molecule has 0 aliphatic carbocycles. The van der Waals surface area contributed by atoms with Gasteiger partial charge in [-0.25, -0.2) is 0 Å². The van der Waals surface area contributed by atoms with Crippen LogP contribution in [0.2, 0.25) is 5.02 Å². The zero-order valence-corrected chi connectivity index (χ0v) is 12.8. The van der Waals surface area contributed by atoms with Gasteiger partial charge in [-0.05, 0) is 63.2 Å². The van der Waals surface area contributed by atoms with Crippen LogP contribution in [0.5, 0.6) is 0 Å². The summed E-state index contributed by atoms with van der Waals surface area (Å²) in [5.41, 5.74) is -0.0736. The number of halogens is 4. The van der Waals surface area contributed by atoms with Gasteiger partial charge in [0.2, 0.25) is 0 Å². The molecule has 0 saturated carbocycles. The number of benzene rings is 1. The van der Waals surface area contributed by atoms with E-state index < -0.39 is 11.7 Å². The van der Waals surface area contributed by atoms with Gasteiger partial charge in [0.25, 0.3) is 0 Å². The molecular formula is C15H20ClF3N2. The van der Waals surface area contributed by atoms with Crippen molar-refractivity contribution in [2.45, 2.75) is 38.0 Å². The van der Waals surface area contributed by atoms with Gasteiger partial charge in [0.05, 0.1) is 5.56 Å². The second-order valence-corrected chi connectivity index (χ2v) is 6.03. The SMILES string of the molecule is CN(Cc1cc(Cl)cc(C(F)(F)F)c1)C1CCCNCC1. The largest absolute Gasteiger partial charge is 0.416 e. The van der Waals surface area contributed by atoms with Crippen molar-refractivity contribution in [3.05, 3.63) is 34.3 Å². The Morgan fingerprint density at radius 1 is 1.24 bits per heavy atom. The lowest BCUT2D eigenvalue weighted by atomic mass is 10.1. The van der Waals surface area contributed by atoms with Crippen LogP contribution in [0.15, 0.2) is 18.2 Å². The van der Waals surface area contributed by atoms with Crippen molar-refractivity contribution in [3.63, 3.8) is 0 Å². The molecule has 1 unspecified atom stereocenters. The number of alkyl halides is 3. The van der Waals surface area contributed by atoms with Crippen LogP contribution in [0.3, 0.4) is 0 Å². The van der Waals surface area contributed by atoms with Crippen LogP contribution in [0, 0.1) is 0 Å². The van der Waals surface area contributed by atoms with Gasteiger partial charge in [0.1, 0.15) is 0 Å². The van der Waals surface area contributed by atoms with Crippen molar-refractivity contribution >= 4 is 11.6 Å². The van der Waals surface area contributed by atoms with Crippen molar-refractivity contribution in [2.24, 2.45) is 0 Å². The van der Waals surface area contributed by atoms with Crippen molar-refractivity contribution in [3.8, 4) is 0 Å². The molecule has 0 bridgehead atoms. The Morgan fingerprint density at radius 3 is 2.71 bits per heavy atom. The van der Waals surface area contributed by atoms with Gasteiger partial charge in [-0.3, -0.25) is 4.90 Å². The van der Waals surface area contributed by atoms with Gasteiger partial charge in [-0.15, -0.1) is 0 Å². The molecule has 0 radical (unpaired) electrons. The highest BCUT2D eigenvalue weighted by Gasteiger charge is 2.31. The van der Waals surface area contributed by atoms with Crippen molar-refractivity contribution in [1.29, 1.82) is 0 Å². The third-order valence-corrected chi connectivity index (χ3v) is 4.10. The van der Waals surface area contributed by atoms with Gasteiger partial charge < -0.3 is 5.32 Å². The molecule has 0 spiro atoms. The van der Waals surface area contributed by atoms with E-state index in [0.29, 0.717) is 18.2 Å². The topological polar surface area (TPSA) is 15.3 Å². The average Bonchev–Trinajstić information content (AvgIpc) is 2.65. The number of hydrogen-bond donors (Lipinski definition) is 1. The predicted octanol–water partition coefficient (Wildman–Crippen LogP) is 3.93. The zero-order chi connectivity index (χ0) is 15.5. The summed E-state index contributed by atoms with van der Waals surface area (Å²) in [6, 6.07) is 4.17. The molecule has 1 heterocycles. The van der Waals surface area contributed by atoms with E-state index in [-0.39, 0.29) is 5.02 Å². The summed E-state index contributed by atoms with van der Waals surface area (Å²) < 4.78 is 38.4. The molecule has 2 rings (SSSR count). The maximum Gasteiger partial charge on any atom is 0.416 e. The van der Waals surface area contributed by atoms with Crippen LogP contribution >= 0.6 is 11.6 Å². The molecule has 1 aliphatic rings. The lowest BCUT2D eigenvalue weighted by molar-refractivity contribution is -0.137. The summed E-state index contributed by atoms with van der Waals surface area (Å²) in [5.74, 6) is 0. The Labute approximate surface area is 128 Å². The third-order valence-electron chi connectivity index (χ3n) is 3.89. The minimum atomic E-state index is -4.36. The fourth-order valence-corrected chi connectivity index (χ4v) is 3.02. The minimum Gasteiger partial charge on any atom is -0.317 e. The van der Waals surface area contributed by atoms with Crippen LogP contribution in [0.4, 0.5) is 13.2 Å². The highest BCUT2D eigenvalue weighted by molar-refractivity contribution is 6.30. The fourth-order valence-electron chi connectivity index (χ4n) is 2.76. The lowest BCUT2D eigenvalue weighted by Gasteiger charge is -2.27. The standard InChI is InChI=1S/C15H20ClF3N2/c1-21(14-3-2-5-20-6-4-14)10-11-7-12(15(17,18)19)9-13(16)8-11/h7-9,14,20H,2-6,10H2,1H3. The van der Waals surface area contributed by atoms with Crippen LogP contribution in [0.1, 0.15) is 30.4 Å². The van der Waals surface area contributed by atoms with Gasteiger partial charge in [-0.2, -0.15) is 13.2 Å². The first kappa shape index (κ1) is 16.6. The third kappa shape index (κ3) is 4.87. The van der Waals surface area contributed by atoms with Crippen LogP contribution < -0.4 is 5.32 Å². The number of nitrogens with zero attached hydrogens (tertiary/aromatic N) is 1. The highest BCUT2D eigenvalue weighted by atomic mass is 35.5. The zero-order valence-electron chi connectivity index (χ0n) is 12.0. The van der Waals surface area contributed by atoms with Crippen molar-refractivity contribution < 1.29 is 13.2 Å². The molecule has 1 N–H and O–H groups in total. The molecular weight excluding hydrogens is 301 g/mol. The highest BCUT2D eigenvalue weighted by Crippen LogP contribution is 2.32. The second-order valence-electron chi connectivity index (χ2n) is 5.60. The quantitative estimate of drug-likeness (QED) is 0.907. The summed E-state index contributed by atoms with van der Waals surface area (Å²) in [5, 5.41) is 3.47. The maximum atomic E-state index is 12.8. The molecule has 1 aliphatic heterocycles. The molecule has 1 saturated heterocycles. The molecule has 0 aromatic heterocycles. The molecule has 1 aromatic carbocycles. The molecule has 2 nitrogen and oxygen atoms in total. The van der Waals surface area contributed by atoms with E-state index in [1.807, 2.05) is 7.05 Å². The first-order chi connectivity index (χ1) is 9.86. The monoisotopic (exact) mass is 320 g/mol. The molecule has 118 valence electrons. The molecule has 21 heavy (non-hydrogen) atoms. The first-order valence-corrected chi connectivity index (χ1v) is 7.51. The van der Waals surface area contributed by atoms with E-state index in [1.165, 1.54) is 6.07 Å². The number of rotatable bonds is 3. The normalized spacial score (nSPS) is 20.6. The summed E-state index contributed by atoms with van der Waals surface area (Å²) in [6.07, 6.45) is -1.18. The molecule has 1 fully saturated rings. The Bertz CT molecular complexity index is 468. The van der Waals surface area contributed by atoms with E-state index in [9.17, 15) is 13.2 Å². The van der Waals surface area contributed by atoms with Crippen molar-refractivity contribution in [2.75, 3.05) is 20.1 Å². The van der Waals surface area contributed by atoms with E-state index in [0.717, 1.165) is 38.4 Å².